The molecular weight excluding hydrogens is 406 g/mol. The van der Waals surface area contributed by atoms with Crippen LogP contribution in [0.4, 0.5) is 0 Å². The molecule has 0 aliphatic rings. The molecule has 10 heteroatoms. The van der Waals surface area contributed by atoms with E-state index in [0.717, 1.165) is 0 Å². The van der Waals surface area contributed by atoms with Gasteiger partial charge in [-0.15, -0.1) is 0 Å². The summed E-state index contributed by atoms with van der Waals surface area (Å²) in [6, 6.07) is 7.00. The zero-order chi connectivity index (χ0) is 20.9. The zero-order valence-corrected chi connectivity index (χ0v) is 17.3. The molecule has 2 rings (SSSR count). The van der Waals surface area contributed by atoms with Crippen molar-refractivity contribution in [1.82, 2.24) is 15.0 Å². The Bertz CT molecular complexity index is 985. The maximum atomic E-state index is 12.7. The van der Waals surface area contributed by atoms with E-state index in [1.54, 1.807) is 38.1 Å². The van der Waals surface area contributed by atoms with Crippen molar-refractivity contribution in [1.29, 1.82) is 0 Å². The summed E-state index contributed by atoms with van der Waals surface area (Å²) in [5, 5.41) is 3.09. The van der Waals surface area contributed by atoms with Gasteiger partial charge in [0.1, 0.15) is 10.5 Å². The first-order chi connectivity index (χ1) is 13.2. The molecule has 3 N–H and O–H groups in total. The van der Waals surface area contributed by atoms with Crippen molar-refractivity contribution in [2.75, 3.05) is 13.2 Å². The summed E-state index contributed by atoms with van der Waals surface area (Å²) in [5.41, 5.74) is 1.30. The van der Waals surface area contributed by atoms with E-state index in [-0.39, 0.29) is 29.3 Å². The van der Waals surface area contributed by atoms with E-state index in [4.69, 9.17) is 16.3 Å². The summed E-state index contributed by atoms with van der Waals surface area (Å²) in [6.45, 7) is 4.52. The third kappa shape index (κ3) is 5.12. The van der Waals surface area contributed by atoms with Gasteiger partial charge < -0.3 is 15.0 Å². The molecule has 2 aromatic rings. The standard InChI is InChI=1S/C18H22ClN3O5S/c1-4-27-18(24)16-11(2)22-12(3)17(16)28(25,26)21-10-15(23)20-9-13-7-5-6-8-14(13)19/h5-8,21-22H,4,9-10H2,1-3H3,(H,20,23). The first kappa shape index (κ1) is 21.9. The first-order valence-electron chi connectivity index (χ1n) is 8.53. The van der Waals surface area contributed by atoms with Gasteiger partial charge in [-0.1, -0.05) is 29.8 Å². The monoisotopic (exact) mass is 427 g/mol. The number of hydrogen-bond donors (Lipinski definition) is 3. The molecule has 0 fully saturated rings. The van der Waals surface area contributed by atoms with Gasteiger partial charge in [-0.3, -0.25) is 4.79 Å². The van der Waals surface area contributed by atoms with Crippen LogP contribution in [0.1, 0.15) is 34.2 Å². The Kier molecular flexibility index (Phi) is 7.22. The number of H-pyrrole nitrogens is 1. The predicted octanol–water partition coefficient (Wildman–Crippen LogP) is 2.06. The fourth-order valence-corrected chi connectivity index (χ4v) is 4.30. The number of benzene rings is 1. The molecule has 1 aromatic heterocycles. The number of carbonyl (C=O) groups excluding carboxylic acids is 2. The molecule has 8 nitrogen and oxygen atoms in total. The maximum Gasteiger partial charge on any atom is 0.341 e. The number of rotatable bonds is 8. The van der Waals surface area contributed by atoms with Gasteiger partial charge in [-0.25, -0.2) is 17.9 Å². The molecule has 1 amide bonds. The van der Waals surface area contributed by atoms with Gasteiger partial charge in [0.05, 0.1) is 13.2 Å². The van der Waals surface area contributed by atoms with Gasteiger partial charge in [-0.05, 0) is 32.4 Å². The van der Waals surface area contributed by atoms with E-state index >= 15 is 0 Å². The zero-order valence-electron chi connectivity index (χ0n) is 15.8. The highest BCUT2D eigenvalue weighted by Gasteiger charge is 2.30. The van der Waals surface area contributed by atoms with Crippen LogP contribution in [-0.2, 0) is 26.1 Å². The fourth-order valence-electron chi connectivity index (χ4n) is 2.67. The van der Waals surface area contributed by atoms with Gasteiger partial charge in [-0.2, -0.15) is 0 Å². The summed E-state index contributed by atoms with van der Waals surface area (Å²) in [5.74, 6) is -1.28. The Hall–Kier alpha value is -2.36. The lowest BCUT2D eigenvalue weighted by atomic mass is 10.2. The van der Waals surface area contributed by atoms with Crippen molar-refractivity contribution >= 4 is 33.5 Å². The number of esters is 1. The van der Waals surface area contributed by atoms with Gasteiger partial charge in [0.25, 0.3) is 0 Å². The number of halogens is 1. The Morgan fingerprint density at radius 3 is 2.50 bits per heavy atom. The maximum absolute atomic E-state index is 12.7. The summed E-state index contributed by atoms with van der Waals surface area (Å²) in [7, 11) is -4.12. The van der Waals surface area contributed by atoms with Crippen LogP contribution in [0.3, 0.4) is 0 Å². The molecule has 0 bridgehead atoms. The molecule has 152 valence electrons. The summed E-state index contributed by atoms with van der Waals surface area (Å²) < 4.78 is 32.5. The van der Waals surface area contributed by atoms with Gasteiger partial charge in [0, 0.05) is 23.0 Å². The van der Waals surface area contributed by atoms with Crippen molar-refractivity contribution in [2.24, 2.45) is 0 Å². The number of sulfonamides is 1. The molecule has 1 aromatic carbocycles. The summed E-state index contributed by atoms with van der Waals surface area (Å²) >= 11 is 6.02. The molecule has 28 heavy (non-hydrogen) atoms. The highest BCUT2D eigenvalue weighted by Crippen LogP contribution is 2.24. The number of carbonyl (C=O) groups is 2. The molecule has 1 heterocycles. The second kappa shape index (κ2) is 9.22. The van der Waals surface area contributed by atoms with Crippen LogP contribution in [0, 0.1) is 13.8 Å². The number of aryl methyl sites for hydroxylation is 2. The predicted molar refractivity (Wildman–Crippen MR) is 105 cm³/mol. The second-order valence-electron chi connectivity index (χ2n) is 5.99. The largest absolute Gasteiger partial charge is 0.462 e. The van der Waals surface area contributed by atoms with Crippen LogP contribution in [-0.4, -0.2) is 38.4 Å². The lowest BCUT2D eigenvalue weighted by Gasteiger charge is -2.10. The Morgan fingerprint density at radius 2 is 1.86 bits per heavy atom. The third-order valence-electron chi connectivity index (χ3n) is 3.92. The number of hydrogen-bond acceptors (Lipinski definition) is 5. The molecule has 0 radical (unpaired) electrons. The smallest absolute Gasteiger partial charge is 0.341 e. The normalized spacial score (nSPS) is 11.3. The highest BCUT2D eigenvalue weighted by molar-refractivity contribution is 7.89. The minimum atomic E-state index is -4.12. The van der Waals surface area contributed by atoms with Gasteiger partial charge in [0.2, 0.25) is 15.9 Å². The highest BCUT2D eigenvalue weighted by atomic mass is 35.5. The van der Waals surface area contributed by atoms with Crippen molar-refractivity contribution < 1.29 is 22.7 Å². The van der Waals surface area contributed by atoms with E-state index in [2.05, 4.69) is 15.0 Å². The minimum Gasteiger partial charge on any atom is -0.462 e. The van der Waals surface area contributed by atoms with E-state index in [1.807, 2.05) is 0 Å². The van der Waals surface area contributed by atoms with E-state index in [0.29, 0.717) is 16.3 Å². The number of aromatic nitrogens is 1. The molecule has 0 spiro atoms. The Balaban J connectivity index is 2.09. The second-order valence-corrected chi connectivity index (χ2v) is 8.10. The lowest BCUT2D eigenvalue weighted by molar-refractivity contribution is -0.120. The van der Waals surface area contributed by atoms with Crippen molar-refractivity contribution in [2.45, 2.75) is 32.2 Å². The van der Waals surface area contributed by atoms with E-state index in [9.17, 15) is 18.0 Å². The lowest BCUT2D eigenvalue weighted by Crippen LogP contribution is -2.37. The topological polar surface area (TPSA) is 117 Å². The molecule has 0 unspecified atom stereocenters. The SMILES string of the molecule is CCOC(=O)c1c(C)[nH]c(C)c1S(=O)(=O)NCC(=O)NCc1ccccc1Cl. The van der Waals surface area contributed by atoms with Gasteiger partial charge >= 0.3 is 5.97 Å². The number of amides is 1. The van der Waals surface area contributed by atoms with Crippen LogP contribution in [0.25, 0.3) is 0 Å². The van der Waals surface area contributed by atoms with Crippen LogP contribution in [0.2, 0.25) is 5.02 Å². The minimum absolute atomic E-state index is 0.0664. The molecule has 0 saturated carbocycles. The Morgan fingerprint density at radius 1 is 1.18 bits per heavy atom. The molecule has 0 saturated heterocycles. The Labute approximate surface area is 168 Å². The molecule has 0 aliphatic heterocycles. The summed E-state index contributed by atoms with van der Waals surface area (Å²) in [4.78, 5) is 26.8. The number of aromatic amines is 1. The fraction of sp³-hybridized carbons (Fsp3) is 0.333. The van der Waals surface area contributed by atoms with Crippen LogP contribution in [0.5, 0.6) is 0 Å². The van der Waals surface area contributed by atoms with Gasteiger partial charge in [0.15, 0.2) is 0 Å². The number of ether oxygens (including phenoxy) is 1. The van der Waals surface area contributed by atoms with Crippen molar-refractivity contribution in [3.63, 3.8) is 0 Å². The average Bonchev–Trinajstić information content (AvgIpc) is 2.94. The van der Waals surface area contributed by atoms with E-state index in [1.165, 1.54) is 6.92 Å². The third-order valence-corrected chi connectivity index (χ3v) is 5.86. The summed E-state index contributed by atoms with van der Waals surface area (Å²) in [6.07, 6.45) is 0. The van der Waals surface area contributed by atoms with Crippen LogP contribution < -0.4 is 10.0 Å². The quantitative estimate of drug-likeness (QED) is 0.557. The van der Waals surface area contributed by atoms with E-state index < -0.39 is 28.4 Å². The van der Waals surface area contributed by atoms with Crippen molar-refractivity contribution in [3.8, 4) is 0 Å². The number of nitrogens with one attached hydrogen (secondary N) is 3. The molecular formula is C18H22ClN3O5S. The molecule has 0 aliphatic carbocycles. The van der Waals surface area contributed by atoms with Crippen molar-refractivity contribution in [3.05, 3.63) is 51.8 Å². The molecule has 0 atom stereocenters. The van der Waals surface area contributed by atoms with Crippen LogP contribution >= 0.6 is 11.6 Å². The average molecular weight is 428 g/mol. The van der Waals surface area contributed by atoms with Crippen LogP contribution in [0.15, 0.2) is 29.2 Å². The first-order valence-corrected chi connectivity index (χ1v) is 10.4.